The van der Waals surface area contributed by atoms with Crippen LogP contribution in [0, 0.1) is 15.5 Å². The monoisotopic (exact) mass is 235 g/mol. The molecule has 1 heterocycles. The largest absolute Gasteiger partial charge is 0.364 e. The van der Waals surface area contributed by atoms with Crippen molar-refractivity contribution in [1.82, 2.24) is 4.98 Å². The van der Waals surface area contributed by atoms with Gasteiger partial charge in [-0.05, 0) is 30.7 Å². The summed E-state index contributed by atoms with van der Waals surface area (Å²) in [7, 11) is 0. The highest BCUT2D eigenvalue weighted by atomic mass is 16.6. The molecule has 0 unspecified atom stereocenters. The molecule has 17 heavy (non-hydrogen) atoms. The molecule has 92 valence electrons. The van der Waals surface area contributed by atoms with E-state index in [1.54, 1.807) is 12.3 Å². The SMILES string of the molecule is CCC1(CNc2ncccc2[N+](=O)[O-])CCC1. The van der Waals surface area contributed by atoms with Gasteiger partial charge in [-0.25, -0.2) is 4.98 Å². The summed E-state index contributed by atoms with van der Waals surface area (Å²) in [6.07, 6.45) is 6.36. The van der Waals surface area contributed by atoms with Gasteiger partial charge >= 0.3 is 5.69 Å². The minimum absolute atomic E-state index is 0.0538. The van der Waals surface area contributed by atoms with Gasteiger partial charge in [-0.3, -0.25) is 10.1 Å². The van der Waals surface area contributed by atoms with Crippen LogP contribution < -0.4 is 5.32 Å². The van der Waals surface area contributed by atoms with Crippen LogP contribution in [0.25, 0.3) is 0 Å². The number of nitrogens with zero attached hydrogens (tertiary/aromatic N) is 2. The fourth-order valence-corrected chi connectivity index (χ4v) is 2.28. The van der Waals surface area contributed by atoms with Crippen molar-refractivity contribution in [3.05, 3.63) is 28.4 Å². The third kappa shape index (κ3) is 2.38. The molecule has 0 radical (unpaired) electrons. The number of anilines is 1. The molecule has 0 aromatic carbocycles. The van der Waals surface area contributed by atoms with Gasteiger partial charge in [0.25, 0.3) is 0 Å². The van der Waals surface area contributed by atoms with Crippen LogP contribution in [-0.2, 0) is 0 Å². The van der Waals surface area contributed by atoms with E-state index in [9.17, 15) is 10.1 Å². The zero-order valence-electron chi connectivity index (χ0n) is 9.98. The number of nitro groups is 1. The minimum Gasteiger partial charge on any atom is -0.364 e. The van der Waals surface area contributed by atoms with E-state index < -0.39 is 4.92 Å². The van der Waals surface area contributed by atoms with Crippen molar-refractivity contribution in [2.24, 2.45) is 5.41 Å². The number of pyridine rings is 1. The Balaban J connectivity index is 2.06. The summed E-state index contributed by atoms with van der Waals surface area (Å²) in [5.74, 6) is 0.386. The van der Waals surface area contributed by atoms with Crippen LogP contribution in [-0.4, -0.2) is 16.5 Å². The zero-order chi connectivity index (χ0) is 12.3. The standard InChI is InChI=1S/C12H17N3O2/c1-2-12(6-4-7-12)9-14-11-10(15(16)17)5-3-8-13-11/h3,5,8H,2,4,6-7,9H2,1H3,(H,13,14). The van der Waals surface area contributed by atoms with Gasteiger partial charge < -0.3 is 5.32 Å². The highest BCUT2D eigenvalue weighted by Crippen LogP contribution is 2.43. The third-order valence-electron chi connectivity index (χ3n) is 3.78. The molecule has 1 aliphatic carbocycles. The second-order valence-corrected chi connectivity index (χ2v) is 4.69. The fourth-order valence-electron chi connectivity index (χ4n) is 2.28. The highest BCUT2D eigenvalue weighted by molar-refractivity contribution is 5.55. The zero-order valence-corrected chi connectivity index (χ0v) is 9.98. The second kappa shape index (κ2) is 4.69. The first-order valence-corrected chi connectivity index (χ1v) is 6.00. The number of rotatable bonds is 5. The maximum atomic E-state index is 10.8. The predicted molar refractivity (Wildman–Crippen MR) is 66.0 cm³/mol. The van der Waals surface area contributed by atoms with Crippen molar-refractivity contribution in [3.63, 3.8) is 0 Å². The number of nitrogens with one attached hydrogen (secondary N) is 1. The van der Waals surface area contributed by atoms with Crippen LogP contribution in [0.2, 0.25) is 0 Å². The first-order chi connectivity index (χ1) is 8.17. The Morgan fingerprint density at radius 1 is 1.59 bits per heavy atom. The molecule has 1 fully saturated rings. The quantitative estimate of drug-likeness (QED) is 0.629. The van der Waals surface area contributed by atoms with E-state index in [1.165, 1.54) is 25.3 Å². The van der Waals surface area contributed by atoms with Gasteiger partial charge in [0.05, 0.1) is 4.92 Å². The molecule has 0 amide bonds. The van der Waals surface area contributed by atoms with Gasteiger partial charge in [-0.2, -0.15) is 0 Å². The molecule has 0 spiro atoms. The van der Waals surface area contributed by atoms with Crippen molar-refractivity contribution in [1.29, 1.82) is 0 Å². The lowest BCUT2D eigenvalue weighted by molar-refractivity contribution is -0.384. The summed E-state index contributed by atoms with van der Waals surface area (Å²) in [5, 5.41) is 14.0. The van der Waals surface area contributed by atoms with Crippen LogP contribution in [0.4, 0.5) is 11.5 Å². The second-order valence-electron chi connectivity index (χ2n) is 4.69. The lowest BCUT2D eigenvalue weighted by Crippen LogP contribution is -2.36. The Morgan fingerprint density at radius 2 is 2.35 bits per heavy atom. The van der Waals surface area contributed by atoms with Crippen LogP contribution in [0.3, 0.4) is 0 Å². The van der Waals surface area contributed by atoms with Crippen LogP contribution in [0.1, 0.15) is 32.6 Å². The van der Waals surface area contributed by atoms with E-state index >= 15 is 0 Å². The van der Waals surface area contributed by atoms with Crippen molar-refractivity contribution in [3.8, 4) is 0 Å². The smallest absolute Gasteiger partial charge is 0.311 e. The topological polar surface area (TPSA) is 68.1 Å². The van der Waals surface area contributed by atoms with E-state index in [0.717, 1.165) is 13.0 Å². The Bertz CT molecular complexity index is 410. The molecule has 0 bridgehead atoms. The molecule has 1 saturated carbocycles. The summed E-state index contributed by atoms with van der Waals surface area (Å²) in [4.78, 5) is 14.5. The van der Waals surface area contributed by atoms with Crippen LogP contribution >= 0.6 is 0 Å². The molecular formula is C12H17N3O2. The van der Waals surface area contributed by atoms with Crippen LogP contribution in [0.15, 0.2) is 18.3 Å². The average Bonchev–Trinajstić information content (AvgIpc) is 2.28. The average molecular weight is 235 g/mol. The van der Waals surface area contributed by atoms with Crippen molar-refractivity contribution < 1.29 is 4.92 Å². The summed E-state index contributed by atoms with van der Waals surface area (Å²) in [5.41, 5.74) is 0.379. The Morgan fingerprint density at radius 3 is 2.88 bits per heavy atom. The molecule has 1 aromatic rings. The van der Waals surface area contributed by atoms with Crippen molar-refractivity contribution >= 4 is 11.5 Å². The van der Waals surface area contributed by atoms with Gasteiger partial charge in [0.15, 0.2) is 0 Å². The number of hydrogen-bond donors (Lipinski definition) is 1. The van der Waals surface area contributed by atoms with Gasteiger partial charge in [0.2, 0.25) is 5.82 Å². The van der Waals surface area contributed by atoms with E-state index in [2.05, 4.69) is 17.2 Å². The molecule has 2 rings (SSSR count). The summed E-state index contributed by atoms with van der Waals surface area (Å²) < 4.78 is 0. The maximum absolute atomic E-state index is 10.8. The van der Waals surface area contributed by atoms with Gasteiger partial charge in [0, 0.05) is 18.8 Å². The van der Waals surface area contributed by atoms with Gasteiger partial charge in [-0.15, -0.1) is 0 Å². The first kappa shape index (κ1) is 11.8. The fraction of sp³-hybridized carbons (Fsp3) is 0.583. The van der Waals surface area contributed by atoms with Crippen LogP contribution in [0.5, 0.6) is 0 Å². The Labute approximate surface area is 100 Å². The Hall–Kier alpha value is -1.65. The highest BCUT2D eigenvalue weighted by Gasteiger charge is 2.35. The number of aromatic nitrogens is 1. The van der Waals surface area contributed by atoms with Crippen molar-refractivity contribution in [2.75, 3.05) is 11.9 Å². The van der Waals surface area contributed by atoms with E-state index in [1.807, 2.05) is 0 Å². The number of hydrogen-bond acceptors (Lipinski definition) is 4. The van der Waals surface area contributed by atoms with Crippen molar-refractivity contribution in [2.45, 2.75) is 32.6 Å². The molecule has 1 aliphatic rings. The summed E-state index contributed by atoms with van der Waals surface area (Å²) in [6.45, 7) is 2.95. The molecule has 0 atom stereocenters. The van der Waals surface area contributed by atoms with E-state index in [-0.39, 0.29) is 5.69 Å². The normalized spacial score (nSPS) is 17.2. The molecule has 0 aliphatic heterocycles. The summed E-state index contributed by atoms with van der Waals surface area (Å²) in [6, 6.07) is 3.07. The molecule has 1 aromatic heterocycles. The molecule has 5 nitrogen and oxygen atoms in total. The summed E-state index contributed by atoms with van der Waals surface area (Å²) >= 11 is 0. The lowest BCUT2D eigenvalue weighted by Gasteiger charge is -2.41. The molecule has 0 saturated heterocycles. The minimum atomic E-state index is -0.394. The van der Waals surface area contributed by atoms with Gasteiger partial charge in [0.1, 0.15) is 0 Å². The molecular weight excluding hydrogens is 218 g/mol. The molecule has 1 N–H and O–H groups in total. The van der Waals surface area contributed by atoms with Gasteiger partial charge in [-0.1, -0.05) is 13.3 Å². The van der Waals surface area contributed by atoms with E-state index in [0.29, 0.717) is 11.2 Å². The predicted octanol–water partition coefficient (Wildman–Crippen LogP) is 2.98. The van der Waals surface area contributed by atoms with E-state index in [4.69, 9.17) is 0 Å². The molecule has 5 heteroatoms. The third-order valence-corrected chi connectivity index (χ3v) is 3.78. The first-order valence-electron chi connectivity index (χ1n) is 6.00. The lowest BCUT2D eigenvalue weighted by atomic mass is 9.67. The maximum Gasteiger partial charge on any atom is 0.311 e. The Kier molecular flexibility index (Phi) is 3.26.